The first-order chi connectivity index (χ1) is 14.3. The number of hydrogen-bond acceptors (Lipinski definition) is 5. The lowest BCUT2D eigenvalue weighted by Gasteiger charge is -2.32. The van der Waals surface area contributed by atoms with Gasteiger partial charge in [-0.1, -0.05) is 25.1 Å². The van der Waals surface area contributed by atoms with Crippen molar-refractivity contribution >= 4 is 35.0 Å². The molecule has 0 aliphatic carbocycles. The van der Waals surface area contributed by atoms with Gasteiger partial charge in [-0.25, -0.2) is 14.8 Å². The van der Waals surface area contributed by atoms with Gasteiger partial charge in [0, 0.05) is 25.2 Å². The Hall–Kier alpha value is -3.59. The molecule has 0 saturated heterocycles. The maximum Gasteiger partial charge on any atom is 0.323 e. The van der Waals surface area contributed by atoms with Gasteiger partial charge >= 0.3 is 12.0 Å². The highest BCUT2D eigenvalue weighted by molar-refractivity contribution is 6.01. The highest BCUT2D eigenvalue weighted by Gasteiger charge is 2.22. The topological polar surface area (TPSA) is 111 Å². The Kier molecular flexibility index (Phi) is 7.76. The first-order valence-corrected chi connectivity index (χ1v) is 9.35. The average Bonchev–Trinajstić information content (AvgIpc) is 2.69. The maximum atomic E-state index is 12.4. The lowest BCUT2D eigenvalue weighted by atomic mass is 10.2. The predicted molar refractivity (Wildman–Crippen MR) is 115 cm³/mol. The summed E-state index contributed by atoms with van der Waals surface area (Å²) in [5, 5.41) is 17.3. The fourth-order valence-electron chi connectivity index (χ4n) is 2.93. The van der Waals surface area contributed by atoms with Crippen LogP contribution >= 0.6 is 0 Å². The summed E-state index contributed by atoms with van der Waals surface area (Å²) in [5.41, 5.74) is 2.43. The number of carbonyl (C=O) groups is 3. The molecule has 0 heterocycles. The Morgan fingerprint density at radius 3 is 2.30 bits per heavy atom. The number of hydrazine groups is 1. The number of aryl methyl sites for hydroxylation is 1. The number of carbonyl (C=O) groups excluding carboxylic acids is 2. The summed E-state index contributed by atoms with van der Waals surface area (Å²) in [6, 6.07) is 11.7. The molecule has 3 N–H and O–H groups in total. The number of para-hydroxylation sites is 1. The number of urea groups is 1. The molecule has 0 aliphatic heterocycles. The Balaban J connectivity index is 2.26. The minimum atomic E-state index is -1.05. The fraction of sp³-hybridized carbons (Fsp3) is 0.286. The third-order valence-corrected chi connectivity index (χ3v) is 4.34. The number of benzene rings is 2. The van der Waals surface area contributed by atoms with Crippen molar-refractivity contribution in [3.8, 4) is 5.75 Å². The summed E-state index contributed by atoms with van der Waals surface area (Å²) in [5.74, 6) is -1.08. The van der Waals surface area contributed by atoms with Crippen molar-refractivity contribution < 1.29 is 24.2 Å². The largest absolute Gasteiger partial charge is 0.494 e. The van der Waals surface area contributed by atoms with Gasteiger partial charge < -0.3 is 20.5 Å². The Labute approximate surface area is 175 Å². The summed E-state index contributed by atoms with van der Waals surface area (Å²) in [6.07, 6.45) is 0. The highest BCUT2D eigenvalue weighted by atomic mass is 16.5. The zero-order valence-electron chi connectivity index (χ0n) is 17.4. The van der Waals surface area contributed by atoms with E-state index in [1.54, 1.807) is 31.2 Å². The van der Waals surface area contributed by atoms with Crippen LogP contribution in [0.25, 0.3) is 0 Å². The van der Waals surface area contributed by atoms with Crippen molar-refractivity contribution in [2.75, 3.05) is 35.8 Å². The Morgan fingerprint density at radius 1 is 1.07 bits per heavy atom. The van der Waals surface area contributed by atoms with E-state index < -0.39 is 12.0 Å². The van der Waals surface area contributed by atoms with Crippen LogP contribution in [0.15, 0.2) is 42.5 Å². The smallest absolute Gasteiger partial charge is 0.323 e. The van der Waals surface area contributed by atoms with Crippen LogP contribution in [0.3, 0.4) is 0 Å². The number of likely N-dealkylation sites (N-methyl/N-ethyl adjacent to an activating group) is 1. The normalized spacial score (nSPS) is 10.4. The minimum absolute atomic E-state index is 0.313. The molecule has 2 aromatic carbocycles. The zero-order chi connectivity index (χ0) is 22.3. The summed E-state index contributed by atoms with van der Waals surface area (Å²) in [6.45, 7) is 4.96. The maximum absolute atomic E-state index is 12.4. The SMILES string of the molecule is CCN(CC(=O)O)N(C(C)=O)c1ccc(NC(=O)Nc2ccccc2C)c(OC)c1. The number of anilines is 3. The molecule has 2 rings (SSSR count). The molecule has 0 saturated carbocycles. The summed E-state index contributed by atoms with van der Waals surface area (Å²) < 4.78 is 5.37. The summed E-state index contributed by atoms with van der Waals surface area (Å²) in [4.78, 5) is 35.7. The van der Waals surface area contributed by atoms with E-state index in [1.807, 2.05) is 25.1 Å². The van der Waals surface area contributed by atoms with E-state index in [0.29, 0.717) is 29.4 Å². The molecule has 9 nitrogen and oxygen atoms in total. The number of amides is 3. The molecule has 160 valence electrons. The van der Waals surface area contributed by atoms with E-state index >= 15 is 0 Å². The molecule has 0 unspecified atom stereocenters. The third kappa shape index (κ3) is 5.71. The zero-order valence-corrected chi connectivity index (χ0v) is 17.4. The third-order valence-electron chi connectivity index (χ3n) is 4.34. The van der Waals surface area contributed by atoms with E-state index in [9.17, 15) is 14.4 Å². The molecule has 0 fully saturated rings. The Morgan fingerprint density at radius 2 is 1.73 bits per heavy atom. The molecule has 3 amide bonds. The van der Waals surface area contributed by atoms with Gasteiger partial charge in [-0.15, -0.1) is 0 Å². The molecule has 9 heteroatoms. The average molecular weight is 414 g/mol. The van der Waals surface area contributed by atoms with Gasteiger partial charge in [0.25, 0.3) is 0 Å². The van der Waals surface area contributed by atoms with E-state index in [0.717, 1.165) is 5.56 Å². The monoisotopic (exact) mass is 414 g/mol. The van der Waals surface area contributed by atoms with Crippen molar-refractivity contribution in [3.63, 3.8) is 0 Å². The second kappa shape index (κ2) is 10.3. The van der Waals surface area contributed by atoms with Crippen LogP contribution in [0.2, 0.25) is 0 Å². The number of rotatable bonds is 8. The number of nitrogens with one attached hydrogen (secondary N) is 2. The molecule has 2 aromatic rings. The van der Waals surface area contributed by atoms with Gasteiger partial charge in [0.05, 0.1) is 18.5 Å². The van der Waals surface area contributed by atoms with Crippen LogP contribution < -0.4 is 20.4 Å². The molecular weight excluding hydrogens is 388 g/mol. The van der Waals surface area contributed by atoms with Crippen molar-refractivity contribution in [3.05, 3.63) is 48.0 Å². The second-order valence-electron chi connectivity index (χ2n) is 6.48. The van der Waals surface area contributed by atoms with Crippen molar-refractivity contribution in [1.82, 2.24) is 5.01 Å². The summed E-state index contributed by atoms with van der Waals surface area (Å²) in [7, 11) is 1.44. The number of nitrogens with zero attached hydrogens (tertiary/aromatic N) is 2. The standard InChI is InChI=1S/C21H26N4O5/c1-5-24(13-20(27)28)25(15(3)26)16-10-11-18(19(12-16)30-4)23-21(29)22-17-9-7-6-8-14(17)2/h6-12H,5,13H2,1-4H3,(H,27,28)(H2,22,23,29). The molecular formula is C21H26N4O5. The summed E-state index contributed by atoms with van der Waals surface area (Å²) >= 11 is 0. The predicted octanol–water partition coefficient (Wildman–Crippen LogP) is 3.32. The number of ether oxygens (including phenoxy) is 1. The second-order valence-corrected chi connectivity index (χ2v) is 6.48. The molecule has 30 heavy (non-hydrogen) atoms. The molecule has 0 atom stereocenters. The van der Waals surface area contributed by atoms with E-state index in [2.05, 4.69) is 10.6 Å². The van der Waals surface area contributed by atoms with Crippen molar-refractivity contribution in [2.45, 2.75) is 20.8 Å². The van der Waals surface area contributed by atoms with Gasteiger partial charge in [0.1, 0.15) is 12.3 Å². The lowest BCUT2D eigenvalue weighted by molar-refractivity contribution is -0.138. The van der Waals surface area contributed by atoms with Crippen LogP contribution in [-0.2, 0) is 9.59 Å². The molecule has 0 spiro atoms. The molecule has 0 radical (unpaired) electrons. The van der Waals surface area contributed by atoms with Crippen molar-refractivity contribution in [1.29, 1.82) is 0 Å². The number of carboxylic acid groups (broad SMARTS) is 1. The molecule has 0 aromatic heterocycles. The first kappa shape index (κ1) is 22.7. The van der Waals surface area contributed by atoms with Crippen LogP contribution in [0.4, 0.5) is 21.9 Å². The van der Waals surface area contributed by atoms with Gasteiger partial charge in [-0.3, -0.25) is 9.59 Å². The number of hydrogen-bond donors (Lipinski definition) is 3. The van der Waals surface area contributed by atoms with Gasteiger partial charge in [0.2, 0.25) is 5.91 Å². The fourth-order valence-corrected chi connectivity index (χ4v) is 2.93. The van der Waals surface area contributed by atoms with E-state index in [4.69, 9.17) is 9.84 Å². The van der Waals surface area contributed by atoms with Crippen LogP contribution in [0.1, 0.15) is 19.4 Å². The van der Waals surface area contributed by atoms with Gasteiger partial charge in [-0.2, -0.15) is 0 Å². The first-order valence-electron chi connectivity index (χ1n) is 9.35. The lowest BCUT2D eigenvalue weighted by Crippen LogP contribution is -2.48. The number of aliphatic carboxylic acids is 1. The Bertz CT molecular complexity index is 931. The van der Waals surface area contributed by atoms with Crippen LogP contribution in [0.5, 0.6) is 5.75 Å². The molecule has 0 aliphatic rings. The molecule has 0 bridgehead atoms. The van der Waals surface area contributed by atoms with Gasteiger partial charge in [0.15, 0.2) is 0 Å². The van der Waals surface area contributed by atoms with E-state index in [-0.39, 0.29) is 12.5 Å². The van der Waals surface area contributed by atoms with Crippen LogP contribution in [-0.4, -0.2) is 48.2 Å². The van der Waals surface area contributed by atoms with Crippen molar-refractivity contribution in [2.24, 2.45) is 0 Å². The van der Waals surface area contributed by atoms with E-state index in [1.165, 1.54) is 24.1 Å². The van der Waals surface area contributed by atoms with Crippen LogP contribution in [0, 0.1) is 6.92 Å². The number of methoxy groups -OCH3 is 1. The number of carboxylic acids is 1. The minimum Gasteiger partial charge on any atom is -0.494 e. The highest BCUT2D eigenvalue weighted by Crippen LogP contribution is 2.31. The van der Waals surface area contributed by atoms with Gasteiger partial charge in [-0.05, 0) is 30.7 Å². The quantitative estimate of drug-likeness (QED) is 0.572.